The molecule has 0 saturated heterocycles. The maximum Gasteiger partial charge on any atom is 2.00 e. The van der Waals surface area contributed by atoms with E-state index in [9.17, 15) is 43.9 Å². The molecule has 0 saturated carbocycles. The smallest absolute Gasteiger partial charge is 0.278 e. The summed E-state index contributed by atoms with van der Waals surface area (Å²) in [4.78, 5) is 0. The zero-order chi connectivity index (χ0) is 17.2. The summed E-state index contributed by atoms with van der Waals surface area (Å²) in [5, 5.41) is 0. The molecule has 2 aromatic carbocycles. The molecule has 0 fully saturated rings. The molecule has 0 radical (unpaired) electrons. The molecule has 0 aliphatic carbocycles. The van der Waals surface area contributed by atoms with Gasteiger partial charge in [-0.15, -0.1) is 12.1 Å². The molecule has 2 aromatic rings. The number of rotatable bonds is 0. The first kappa shape index (κ1) is 21.5. The third-order valence-corrected chi connectivity index (χ3v) is 1.98. The van der Waals surface area contributed by atoms with E-state index in [1.807, 2.05) is 0 Å². The molecule has 0 atom stereocenters. The fraction of sp³-hybridized carbons (Fsp3) is 0. The van der Waals surface area contributed by atoms with Gasteiger partial charge in [-0.25, -0.2) is 26.3 Å². The zero-order valence-corrected chi connectivity index (χ0v) is 11.9. The minimum atomic E-state index is -2.17. The van der Waals surface area contributed by atoms with Gasteiger partial charge >= 0.3 is 23.1 Å². The summed E-state index contributed by atoms with van der Waals surface area (Å²) in [6.45, 7) is 0. The van der Waals surface area contributed by atoms with Crippen molar-refractivity contribution in [2.45, 2.75) is 0 Å². The van der Waals surface area contributed by atoms with Crippen LogP contribution >= 0.6 is 0 Å². The molecule has 0 heterocycles. The van der Waals surface area contributed by atoms with Gasteiger partial charge in [-0.05, 0) is 0 Å². The molecule has 0 amide bonds. The SMILES string of the molecule is Fc1[c-]c(F)c(F)c(F)c1F.Fc1[c-]c(F)c(F)c(F)c1F.[Mg+2]. The van der Waals surface area contributed by atoms with Crippen molar-refractivity contribution in [1.29, 1.82) is 0 Å². The quantitative estimate of drug-likeness (QED) is 0.220. The monoisotopic (exact) mass is 358 g/mol. The second kappa shape index (κ2) is 8.38. The Morgan fingerprint density at radius 1 is 0.348 bits per heavy atom. The summed E-state index contributed by atoms with van der Waals surface area (Å²) in [6, 6.07) is 2.05. The summed E-state index contributed by atoms with van der Waals surface area (Å²) in [6.07, 6.45) is 0. The molecule has 0 bridgehead atoms. The van der Waals surface area contributed by atoms with Crippen LogP contribution in [0.1, 0.15) is 0 Å². The minimum absolute atomic E-state index is 0. The van der Waals surface area contributed by atoms with E-state index in [0.717, 1.165) is 12.1 Å². The molecule has 0 nitrogen and oxygen atoms in total. The summed E-state index contributed by atoms with van der Waals surface area (Å²) < 4.78 is 120. The average Bonchev–Trinajstić information content (AvgIpc) is 2.47. The molecular weight excluding hydrogens is 358 g/mol. The number of halogens is 10. The fourth-order valence-corrected chi connectivity index (χ4v) is 0.990. The molecule has 0 unspecified atom stereocenters. The maximum atomic E-state index is 12.0. The Morgan fingerprint density at radius 3 is 0.696 bits per heavy atom. The number of hydrogen-bond donors (Lipinski definition) is 0. The average molecular weight is 358 g/mol. The van der Waals surface area contributed by atoms with Crippen molar-refractivity contribution in [1.82, 2.24) is 0 Å². The largest absolute Gasteiger partial charge is 2.00 e. The van der Waals surface area contributed by atoms with Crippen molar-refractivity contribution in [3.05, 3.63) is 70.3 Å². The molecule has 23 heavy (non-hydrogen) atoms. The predicted octanol–water partition coefficient (Wildman–Crippen LogP) is 3.98. The van der Waals surface area contributed by atoms with Crippen LogP contribution in [0.4, 0.5) is 43.9 Å². The van der Waals surface area contributed by atoms with Crippen LogP contribution in [-0.2, 0) is 0 Å². The van der Waals surface area contributed by atoms with Crippen LogP contribution in [-0.4, -0.2) is 23.1 Å². The van der Waals surface area contributed by atoms with Gasteiger partial charge in [0.15, 0.2) is 0 Å². The summed E-state index contributed by atoms with van der Waals surface area (Å²) in [7, 11) is 0. The van der Waals surface area contributed by atoms with Crippen LogP contribution in [0.5, 0.6) is 0 Å². The molecule has 0 N–H and O–H groups in total. The Morgan fingerprint density at radius 2 is 0.522 bits per heavy atom. The third kappa shape index (κ3) is 4.74. The summed E-state index contributed by atoms with van der Waals surface area (Å²) >= 11 is 0. The Bertz CT molecular complexity index is 602. The molecule has 0 aliphatic rings. The standard InChI is InChI=1S/2C6F5.Mg/c2*7-2-1-3(8)5(10)6(11)4(2)9;/q2*-1;+2. The Balaban J connectivity index is 0.000000403. The van der Waals surface area contributed by atoms with Gasteiger partial charge in [0.05, 0.1) is 58.2 Å². The molecule has 11 heteroatoms. The van der Waals surface area contributed by atoms with Crippen molar-refractivity contribution in [2.75, 3.05) is 0 Å². The second-order valence-corrected chi connectivity index (χ2v) is 3.39. The Hall–Kier alpha value is -1.49. The van der Waals surface area contributed by atoms with E-state index in [4.69, 9.17) is 0 Å². The van der Waals surface area contributed by atoms with Gasteiger partial charge in [0.2, 0.25) is 0 Å². The first-order valence-electron chi connectivity index (χ1n) is 4.89. The van der Waals surface area contributed by atoms with E-state index < -0.39 is 58.2 Å². The first-order chi connectivity index (χ1) is 10.1. The van der Waals surface area contributed by atoms with Crippen LogP contribution in [0, 0.1) is 70.3 Å². The molecule has 0 aromatic heterocycles. The topological polar surface area (TPSA) is 0 Å². The molecule has 120 valence electrons. The number of hydrogen-bond acceptors (Lipinski definition) is 0. The van der Waals surface area contributed by atoms with E-state index in [1.165, 1.54) is 0 Å². The third-order valence-electron chi connectivity index (χ3n) is 1.98. The van der Waals surface area contributed by atoms with Crippen molar-refractivity contribution in [3.63, 3.8) is 0 Å². The van der Waals surface area contributed by atoms with Gasteiger partial charge in [0, 0.05) is 0 Å². The van der Waals surface area contributed by atoms with Crippen LogP contribution in [0.15, 0.2) is 0 Å². The Labute approximate surface area is 137 Å². The first-order valence-corrected chi connectivity index (χ1v) is 4.89. The van der Waals surface area contributed by atoms with E-state index in [0.29, 0.717) is 0 Å². The predicted molar refractivity (Wildman–Crippen MR) is 55.9 cm³/mol. The van der Waals surface area contributed by atoms with E-state index in [1.54, 1.807) is 0 Å². The van der Waals surface area contributed by atoms with Gasteiger partial charge in [-0.1, -0.05) is 0 Å². The van der Waals surface area contributed by atoms with Gasteiger partial charge in [-0.3, -0.25) is 17.6 Å². The van der Waals surface area contributed by atoms with E-state index in [-0.39, 0.29) is 23.1 Å². The number of benzene rings is 2. The van der Waals surface area contributed by atoms with Crippen molar-refractivity contribution < 1.29 is 43.9 Å². The summed E-state index contributed by atoms with van der Waals surface area (Å²) in [5.74, 6) is -20.1. The molecule has 2 rings (SSSR count). The second-order valence-electron chi connectivity index (χ2n) is 3.39. The van der Waals surface area contributed by atoms with Crippen LogP contribution < -0.4 is 0 Å². The van der Waals surface area contributed by atoms with E-state index >= 15 is 0 Å². The fourth-order valence-electron chi connectivity index (χ4n) is 0.990. The van der Waals surface area contributed by atoms with Crippen molar-refractivity contribution in [3.8, 4) is 0 Å². The zero-order valence-electron chi connectivity index (χ0n) is 10.5. The van der Waals surface area contributed by atoms with Gasteiger partial charge in [0.25, 0.3) is 0 Å². The van der Waals surface area contributed by atoms with Gasteiger partial charge in [0.1, 0.15) is 0 Å². The van der Waals surface area contributed by atoms with Gasteiger partial charge < -0.3 is 0 Å². The van der Waals surface area contributed by atoms with Crippen LogP contribution in [0.25, 0.3) is 0 Å². The minimum Gasteiger partial charge on any atom is -0.278 e. The Kier molecular flexibility index (Phi) is 7.84. The molecular formula is C12F10Mg. The summed E-state index contributed by atoms with van der Waals surface area (Å²) in [5.41, 5.74) is 0. The van der Waals surface area contributed by atoms with Gasteiger partial charge in [-0.2, -0.15) is 0 Å². The molecule has 0 aliphatic heterocycles. The van der Waals surface area contributed by atoms with Crippen molar-refractivity contribution >= 4 is 23.1 Å². The van der Waals surface area contributed by atoms with Crippen LogP contribution in [0.3, 0.4) is 0 Å². The van der Waals surface area contributed by atoms with Crippen molar-refractivity contribution in [2.24, 2.45) is 0 Å². The van der Waals surface area contributed by atoms with E-state index in [2.05, 4.69) is 0 Å². The molecule has 0 spiro atoms. The maximum absolute atomic E-state index is 12.0. The van der Waals surface area contributed by atoms with Crippen LogP contribution in [0.2, 0.25) is 0 Å². The normalized spacial score (nSPS) is 9.83.